The molecule has 0 saturated heterocycles. The van der Waals surface area contributed by atoms with Gasteiger partial charge in [-0.15, -0.1) is 0 Å². The molecule has 2 rings (SSSR count). The number of carboxylic acid groups (broad SMARTS) is 1. The predicted octanol–water partition coefficient (Wildman–Crippen LogP) is 3.47. The first-order chi connectivity index (χ1) is 12.0. The Morgan fingerprint density at radius 2 is 1.80 bits per heavy atom. The van der Waals surface area contributed by atoms with Crippen molar-refractivity contribution in [3.05, 3.63) is 59.7 Å². The monoisotopic (exact) mass is 343 g/mol. The van der Waals surface area contributed by atoms with Crippen LogP contribution in [-0.2, 0) is 17.9 Å². The SMILES string of the molecule is COc1ccc(CN[C@@H](C(=O)O)C(C)C)cc1OCc1ccccc1. The van der Waals surface area contributed by atoms with Crippen molar-refractivity contribution in [1.29, 1.82) is 0 Å². The van der Waals surface area contributed by atoms with Gasteiger partial charge in [-0.25, -0.2) is 0 Å². The maximum absolute atomic E-state index is 11.3. The highest BCUT2D eigenvalue weighted by Gasteiger charge is 2.20. The third-order valence-electron chi connectivity index (χ3n) is 3.92. The summed E-state index contributed by atoms with van der Waals surface area (Å²) in [7, 11) is 1.60. The Bertz CT molecular complexity index is 685. The van der Waals surface area contributed by atoms with E-state index in [0.29, 0.717) is 24.7 Å². The lowest BCUT2D eigenvalue weighted by molar-refractivity contribution is -0.140. The molecule has 2 aromatic rings. The first-order valence-corrected chi connectivity index (χ1v) is 8.31. The zero-order valence-electron chi connectivity index (χ0n) is 14.9. The van der Waals surface area contributed by atoms with E-state index < -0.39 is 12.0 Å². The van der Waals surface area contributed by atoms with Crippen LogP contribution in [0.3, 0.4) is 0 Å². The average Bonchev–Trinajstić information content (AvgIpc) is 2.60. The fourth-order valence-corrected chi connectivity index (χ4v) is 2.52. The molecule has 0 bridgehead atoms. The number of aliphatic carboxylic acids is 1. The van der Waals surface area contributed by atoms with Gasteiger partial charge in [0.15, 0.2) is 11.5 Å². The second kappa shape index (κ2) is 9.08. The number of ether oxygens (including phenoxy) is 2. The first kappa shape index (κ1) is 18.8. The van der Waals surface area contributed by atoms with Gasteiger partial charge < -0.3 is 19.9 Å². The normalized spacial score (nSPS) is 12.0. The molecule has 0 spiro atoms. The van der Waals surface area contributed by atoms with E-state index in [2.05, 4.69) is 5.32 Å². The number of hydrogen-bond donors (Lipinski definition) is 2. The Morgan fingerprint density at radius 3 is 2.40 bits per heavy atom. The smallest absolute Gasteiger partial charge is 0.320 e. The molecule has 0 aliphatic rings. The maximum Gasteiger partial charge on any atom is 0.320 e. The first-order valence-electron chi connectivity index (χ1n) is 8.31. The van der Waals surface area contributed by atoms with Crippen molar-refractivity contribution in [2.24, 2.45) is 5.92 Å². The molecule has 0 aliphatic heterocycles. The van der Waals surface area contributed by atoms with Gasteiger partial charge in [-0.05, 0) is 29.2 Å². The molecule has 0 aliphatic carbocycles. The minimum absolute atomic E-state index is 0.00421. The van der Waals surface area contributed by atoms with E-state index in [1.807, 2.05) is 62.4 Å². The summed E-state index contributed by atoms with van der Waals surface area (Å²) in [5.41, 5.74) is 2.01. The lowest BCUT2D eigenvalue weighted by Crippen LogP contribution is -2.40. The van der Waals surface area contributed by atoms with E-state index in [9.17, 15) is 9.90 Å². The molecule has 25 heavy (non-hydrogen) atoms. The van der Waals surface area contributed by atoms with Crippen molar-refractivity contribution in [3.63, 3.8) is 0 Å². The van der Waals surface area contributed by atoms with Crippen LogP contribution in [0.2, 0.25) is 0 Å². The van der Waals surface area contributed by atoms with Crippen molar-refractivity contribution < 1.29 is 19.4 Å². The van der Waals surface area contributed by atoms with Crippen molar-refractivity contribution in [2.45, 2.75) is 33.0 Å². The molecule has 5 heteroatoms. The summed E-state index contributed by atoms with van der Waals surface area (Å²) in [6, 6.07) is 14.9. The molecule has 2 N–H and O–H groups in total. The van der Waals surface area contributed by atoms with Gasteiger partial charge in [-0.3, -0.25) is 4.79 Å². The number of rotatable bonds is 9. The second-order valence-electron chi connectivity index (χ2n) is 6.20. The molecular weight excluding hydrogens is 318 g/mol. The molecule has 5 nitrogen and oxygen atoms in total. The lowest BCUT2D eigenvalue weighted by Gasteiger charge is -2.18. The summed E-state index contributed by atoms with van der Waals surface area (Å²) >= 11 is 0. The largest absolute Gasteiger partial charge is 0.493 e. The molecule has 0 saturated carbocycles. The quantitative estimate of drug-likeness (QED) is 0.730. The van der Waals surface area contributed by atoms with E-state index >= 15 is 0 Å². The van der Waals surface area contributed by atoms with E-state index in [0.717, 1.165) is 11.1 Å². The summed E-state index contributed by atoms with van der Waals surface area (Å²) in [4.78, 5) is 11.3. The Morgan fingerprint density at radius 1 is 1.08 bits per heavy atom. The molecule has 0 fully saturated rings. The second-order valence-corrected chi connectivity index (χ2v) is 6.20. The molecule has 0 amide bonds. The van der Waals surface area contributed by atoms with Gasteiger partial charge in [-0.2, -0.15) is 0 Å². The lowest BCUT2D eigenvalue weighted by atomic mass is 10.0. The van der Waals surface area contributed by atoms with Gasteiger partial charge in [-0.1, -0.05) is 50.2 Å². The molecule has 0 radical (unpaired) electrons. The number of carboxylic acids is 1. The van der Waals surface area contributed by atoms with Crippen molar-refractivity contribution in [2.75, 3.05) is 7.11 Å². The summed E-state index contributed by atoms with van der Waals surface area (Å²) in [5, 5.41) is 12.3. The summed E-state index contributed by atoms with van der Waals surface area (Å²) in [6.45, 7) is 4.65. The van der Waals surface area contributed by atoms with Gasteiger partial charge >= 0.3 is 5.97 Å². The molecule has 134 valence electrons. The zero-order valence-corrected chi connectivity index (χ0v) is 14.9. The summed E-state index contributed by atoms with van der Waals surface area (Å²) in [5.74, 6) is 0.453. The van der Waals surface area contributed by atoms with E-state index in [1.165, 1.54) is 0 Å². The van der Waals surface area contributed by atoms with Crippen LogP contribution < -0.4 is 14.8 Å². The van der Waals surface area contributed by atoms with Crippen LogP contribution in [0.5, 0.6) is 11.5 Å². The Hall–Kier alpha value is -2.53. The molecule has 0 heterocycles. The molecular formula is C20H25NO4. The number of benzene rings is 2. The van der Waals surface area contributed by atoms with Gasteiger partial charge in [0.25, 0.3) is 0 Å². The third kappa shape index (κ3) is 5.50. The van der Waals surface area contributed by atoms with Gasteiger partial charge in [0.2, 0.25) is 0 Å². The molecule has 0 aromatic heterocycles. The van der Waals surface area contributed by atoms with Gasteiger partial charge in [0.1, 0.15) is 12.6 Å². The van der Waals surface area contributed by atoms with E-state index in [-0.39, 0.29) is 5.92 Å². The Kier molecular flexibility index (Phi) is 6.83. The number of carbonyl (C=O) groups is 1. The van der Waals surface area contributed by atoms with Crippen LogP contribution in [0, 0.1) is 5.92 Å². The average molecular weight is 343 g/mol. The number of nitrogens with one attached hydrogen (secondary N) is 1. The van der Waals surface area contributed by atoms with E-state index in [4.69, 9.17) is 9.47 Å². The molecule has 0 unspecified atom stereocenters. The van der Waals surface area contributed by atoms with Gasteiger partial charge in [0.05, 0.1) is 7.11 Å². The Balaban J connectivity index is 2.06. The predicted molar refractivity (Wildman–Crippen MR) is 96.9 cm³/mol. The minimum Gasteiger partial charge on any atom is -0.493 e. The van der Waals surface area contributed by atoms with Crippen LogP contribution in [0.4, 0.5) is 0 Å². The maximum atomic E-state index is 11.3. The van der Waals surface area contributed by atoms with Crippen LogP contribution in [-0.4, -0.2) is 24.2 Å². The number of hydrogen-bond acceptors (Lipinski definition) is 4. The van der Waals surface area contributed by atoms with Gasteiger partial charge in [0, 0.05) is 6.54 Å². The standard InChI is InChI=1S/C20H25NO4/c1-14(2)19(20(22)23)21-12-16-9-10-17(24-3)18(11-16)25-13-15-7-5-4-6-8-15/h4-11,14,19,21H,12-13H2,1-3H3,(H,22,23)/t19-/m1/s1. The van der Waals surface area contributed by atoms with Crippen LogP contribution in [0.25, 0.3) is 0 Å². The van der Waals surface area contributed by atoms with Crippen molar-refractivity contribution in [3.8, 4) is 11.5 Å². The number of methoxy groups -OCH3 is 1. The van der Waals surface area contributed by atoms with Crippen LogP contribution in [0.1, 0.15) is 25.0 Å². The van der Waals surface area contributed by atoms with E-state index in [1.54, 1.807) is 7.11 Å². The topological polar surface area (TPSA) is 67.8 Å². The highest BCUT2D eigenvalue weighted by atomic mass is 16.5. The fraction of sp³-hybridized carbons (Fsp3) is 0.350. The van der Waals surface area contributed by atoms with Crippen LogP contribution >= 0.6 is 0 Å². The van der Waals surface area contributed by atoms with Crippen molar-refractivity contribution in [1.82, 2.24) is 5.32 Å². The van der Waals surface area contributed by atoms with Crippen molar-refractivity contribution >= 4 is 5.97 Å². The fourth-order valence-electron chi connectivity index (χ4n) is 2.52. The highest BCUT2D eigenvalue weighted by molar-refractivity contribution is 5.73. The Labute approximate surface area is 148 Å². The highest BCUT2D eigenvalue weighted by Crippen LogP contribution is 2.29. The van der Waals surface area contributed by atoms with Crippen LogP contribution in [0.15, 0.2) is 48.5 Å². The molecule has 2 aromatic carbocycles. The third-order valence-corrected chi connectivity index (χ3v) is 3.92. The summed E-state index contributed by atoms with van der Waals surface area (Å²) in [6.07, 6.45) is 0. The zero-order chi connectivity index (χ0) is 18.2. The summed E-state index contributed by atoms with van der Waals surface area (Å²) < 4.78 is 11.2. The molecule has 1 atom stereocenters. The minimum atomic E-state index is -0.843.